The Morgan fingerprint density at radius 3 is 2.62 bits per heavy atom. The quantitative estimate of drug-likeness (QED) is 0.756. The zero-order valence-electron chi connectivity index (χ0n) is 16.8. The lowest BCUT2D eigenvalue weighted by molar-refractivity contribution is 0.133. The predicted molar refractivity (Wildman–Crippen MR) is 114 cm³/mol. The molecule has 156 valence electrons. The van der Waals surface area contributed by atoms with Gasteiger partial charge in [0, 0.05) is 36.8 Å². The average Bonchev–Trinajstić information content (AvgIpc) is 2.69. The third-order valence-electron chi connectivity index (χ3n) is 5.03. The van der Waals surface area contributed by atoms with E-state index in [0.29, 0.717) is 25.9 Å². The number of nitrogens with one attached hydrogen (secondary N) is 2. The number of nitrogens with zero attached hydrogens (tertiary/aromatic N) is 2. The van der Waals surface area contributed by atoms with Crippen molar-refractivity contribution in [2.45, 2.75) is 38.3 Å². The van der Waals surface area contributed by atoms with E-state index in [1.54, 1.807) is 4.90 Å². The van der Waals surface area contributed by atoms with Gasteiger partial charge in [-0.3, -0.25) is 4.98 Å². The molecular formula is C21H28N4O3S. The van der Waals surface area contributed by atoms with Crippen LogP contribution in [-0.4, -0.2) is 55.8 Å². The SMILES string of the molecule is CCNC(=O)N1CCCC(NS(C)(=O)=O)C1Cc1cccc(-c2ccccc2)n1. The number of pyridine rings is 1. The van der Waals surface area contributed by atoms with Crippen molar-refractivity contribution in [1.29, 1.82) is 0 Å². The Hall–Kier alpha value is -2.45. The molecule has 0 radical (unpaired) electrons. The van der Waals surface area contributed by atoms with E-state index in [2.05, 4.69) is 10.0 Å². The molecule has 2 N–H and O–H groups in total. The van der Waals surface area contributed by atoms with Crippen LogP contribution in [-0.2, 0) is 16.4 Å². The Bertz CT molecular complexity index is 934. The van der Waals surface area contributed by atoms with Crippen LogP contribution in [0.3, 0.4) is 0 Å². The smallest absolute Gasteiger partial charge is 0.317 e. The fourth-order valence-electron chi connectivity index (χ4n) is 3.80. The van der Waals surface area contributed by atoms with Gasteiger partial charge in [-0.1, -0.05) is 36.4 Å². The summed E-state index contributed by atoms with van der Waals surface area (Å²) in [7, 11) is -3.39. The summed E-state index contributed by atoms with van der Waals surface area (Å²) < 4.78 is 26.5. The van der Waals surface area contributed by atoms with Crippen molar-refractivity contribution in [3.63, 3.8) is 0 Å². The number of rotatable bonds is 6. The fourth-order valence-corrected chi connectivity index (χ4v) is 4.63. The topological polar surface area (TPSA) is 91.4 Å². The molecule has 0 aliphatic carbocycles. The van der Waals surface area contributed by atoms with Crippen LogP contribution in [0.2, 0.25) is 0 Å². The van der Waals surface area contributed by atoms with Crippen molar-refractivity contribution in [2.75, 3.05) is 19.3 Å². The third kappa shape index (κ3) is 5.77. The number of likely N-dealkylation sites (tertiary alicyclic amines) is 1. The van der Waals surface area contributed by atoms with Gasteiger partial charge in [-0.15, -0.1) is 0 Å². The number of piperidine rings is 1. The molecular weight excluding hydrogens is 388 g/mol. The van der Waals surface area contributed by atoms with E-state index in [1.807, 2.05) is 55.5 Å². The Balaban J connectivity index is 1.89. The van der Waals surface area contributed by atoms with Gasteiger partial charge in [0.2, 0.25) is 10.0 Å². The third-order valence-corrected chi connectivity index (χ3v) is 5.76. The van der Waals surface area contributed by atoms with Gasteiger partial charge in [-0.05, 0) is 31.9 Å². The summed E-state index contributed by atoms with van der Waals surface area (Å²) in [5, 5.41) is 2.84. The molecule has 7 nitrogen and oxygen atoms in total. The maximum Gasteiger partial charge on any atom is 0.317 e. The van der Waals surface area contributed by atoms with Crippen molar-refractivity contribution in [2.24, 2.45) is 0 Å². The summed E-state index contributed by atoms with van der Waals surface area (Å²) in [6.07, 6.45) is 3.07. The number of benzene rings is 1. The maximum absolute atomic E-state index is 12.6. The Morgan fingerprint density at radius 1 is 1.17 bits per heavy atom. The van der Waals surface area contributed by atoms with Crippen molar-refractivity contribution in [3.8, 4) is 11.3 Å². The van der Waals surface area contributed by atoms with Crippen molar-refractivity contribution >= 4 is 16.1 Å². The molecule has 0 bridgehead atoms. The summed E-state index contributed by atoms with van der Waals surface area (Å²) in [4.78, 5) is 19.1. The van der Waals surface area contributed by atoms with Gasteiger partial charge in [0.05, 0.1) is 18.0 Å². The van der Waals surface area contributed by atoms with E-state index in [0.717, 1.165) is 29.6 Å². The summed E-state index contributed by atoms with van der Waals surface area (Å²) in [6.45, 7) is 2.98. The van der Waals surface area contributed by atoms with Gasteiger partial charge >= 0.3 is 6.03 Å². The summed E-state index contributed by atoms with van der Waals surface area (Å²) >= 11 is 0. The standard InChI is InChI=1S/C21H28N4O3S/c1-3-22-21(26)25-14-8-13-19(24-29(2,27)28)20(25)15-17-11-7-12-18(23-17)16-9-5-4-6-10-16/h4-7,9-12,19-20,24H,3,8,13-15H2,1-2H3,(H,22,26). The number of sulfonamides is 1. The van der Waals surface area contributed by atoms with E-state index < -0.39 is 10.0 Å². The van der Waals surface area contributed by atoms with Crippen molar-refractivity contribution in [1.82, 2.24) is 19.9 Å². The molecule has 1 aliphatic heterocycles. The lowest BCUT2D eigenvalue weighted by Gasteiger charge is -2.41. The average molecular weight is 417 g/mol. The molecule has 2 aromatic rings. The summed E-state index contributed by atoms with van der Waals surface area (Å²) in [6, 6.07) is 14.9. The van der Waals surface area contributed by atoms with Crippen LogP contribution < -0.4 is 10.0 Å². The van der Waals surface area contributed by atoms with Crippen LogP contribution in [0.25, 0.3) is 11.3 Å². The second kappa shape index (κ2) is 9.37. The Kier molecular flexibility index (Phi) is 6.87. The van der Waals surface area contributed by atoms with Crippen LogP contribution in [0.1, 0.15) is 25.5 Å². The van der Waals surface area contributed by atoms with Crippen LogP contribution in [0, 0.1) is 0 Å². The number of amides is 2. The first-order valence-electron chi connectivity index (χ1n) is 9.90. The predicted octanol–water partition coefficient (Wildman–Crippen LogP) is 2.40. The number of carbonyl (C=O) groups excluding carboxylic acids is 1. The number of hydrogen-bond donors (Lipinski definition) is 2. The number of aromatic nitrogens is 1. The first-order valence-corrected chi connectivity index (χ1v) is 11.8. The highest BCUT2D eigenvalue weighted by Gasteiger charge is 2.36. The van der Waals surface area contributed by atoms with Gasteiger partial charge in [0.15, 0.2) is 0 Å². The minimum Gasteiger partial charge on any atom is -0.338 e. The lowest BCUT2D eigenvalue weighted by Crippen LogP contribution is -2.59. The van der Waals surface area contributed by atoms with E-state index in [9.17, 15) is 13.2 Å². The van der Waals surface area contributed by atoms with Gasteiger partial charge in [0.25, 0.3) is 0 Å². The number of hydrogen-bond acceptors (Lipinski definition) is 4. The van der Waals surface area contributed by atoms with Gasteiger partial charge in [0.1, 0.15) is 0 Å². The lowest BCUT2D eigenvalue weighted by atomic mass is 9.93. The zero-order valence-corrected chi connectivity index (χ0v) is 17.7. The van der Waals surface area contributed by atoms with Crippen LogP contribution in [0.15, 0.2) is 48.5 Å². The molecule has 0 spiro atoms. The van der Waals surface area contributed by atoms with Gasteiger partial charge in [-0.25, -0.2) is 17.9 Å². The molecule has 2 atom stereocenters. The molecule has 2 amide bonds. The van der Waals surface area contributed by atoms with Gasteiger partial charge < -0.3 is 10.2 Å². The molecule has 3 rings (SSSR count). The minimum atomic E-state index is -3.39. The molecule has 1 aromatic carbocycles. The molecule has 1 aromatic heterocycles. The molecule has 1 fully saturated rings. The zero-order chi connectivity index (χ0) is 20.9. The molecule has 2 heterocycles. The molecule has 1 saturated heterocycles. The van der Waals surface area contributed by atoms with Gasteiger partial charge in [-0.2, -0.15) is 0 Å². The van der Waals surface area contributed by atoms with Crippen molar-refractivity contribution < 1.29 is 13.2 Å². The molecule has 1 aliphatic rings. The first-order chi connectivity index (χ1) is 13.9. The molecule has 8 heteroatoms. The van der Waals surface area contributed by atoms with E-state index in [1.165, 1.54) is 0 Å². The van der Waals surface area contributed by atoms with Crippen LogP contribution in [0.4, 0.5) is 4.79 Å². The highest BCUT2D eigenvalue weighted by molar-refractivity contribution is 7.88. The second-order valence-corrected chi connectivity index (χ2v) is 9.10. The molecule has 2 unspecified atom stereocenters. The number of carbonyl (C=O) groups is 1. The first kappa shape index (κ1) is 21.3. The van der Waals surface area contributed by atoms with Crippen molar-refractivity contribution in [3.05, 3.63) is 54.2 Å². The largest absolute Gasteiger partial charge is 0.338 e. The highest BCUT2D eigenvalue weighted by atomic mass is 32.2. The van der Waals surface area contributed by atoms with E-state index in [4.69, 9.17) is 4.98 Å². The molecule has 29 heavy (non-hydrogen) atoms. The fraction of sp³-hybridized carbons (Fsp3) is 0.429. The number of urea groups is 1. The van der Waals surface area contributed by atoms with Crippen LogP contribution in [0.5, 0.6) is 0 Å². The highest BCUT2D eigenvalue weighted by Crippen LogP contribution is 2.23. The monoisotopic (exact) mass is 416 g/mol. The minimum absolute atomic E-state index is 0.170. The van der Waals surface area contributed by atoms with E-state index in [-0.39, 0.29) is 18.1 Å². The summed E-state index contributed by atoms with van der Waals surface area (Å²) in [5.41, 5.74) is 2.70. The second-order valence-electron chi connectivity index (χ2n) is 7.32. The Labute approximate surface area is 172 Å². The Morgan fingerprint density at radius 2 is 1.93 bits per heavy atom. The molecule has 0 saturated carbocycles. The normalized spacial score (nSPS) is 19.7. The maximum atomic E-state index is 12.6. The summed E-state index contributed by atoms with van der Waals surface area (Å²) in [5.74, 6) is 0. The van der Waals surface area contributed by atoms with E-state index >= 15 is 0 Å². The van der Waals surface area contributed by atoms with Crippen LogP contribution >= 0.6 is 0 Å².